The molecule has 0 aliphatic carbocycles. The number of aromatic amines is 1. The van der Waals surface area contributed by atoms with Crippen LogP contribution in [-0.2, 0) is 16.8 Å². The van der Waals surface area contributed by atoms with Gasteiger partial charge in [-0.3, -0.25) is 14.4 Å². The van der Waals surface area contributed by atoms with Gasteiger partial charge in [-0.2, -0.15) is 0 Å². The number of fused-ring (bicyclic) bond motifs is 1. The molecule has 1 heterocycles. The Morgan fingerprint density at radius 1 is 1.09 bits per heavy atom. The normalized spacial score (nSPS) is 12.4. The van der Waals surface area contributed by atoms with E-state index in [2.05, 4.69) is 36.1 Å². The Bertz CT molecular complexity index is 1180. The smallest absolute Gasteiger partial charge is 0.258 e. The summed E-state index contributed by atoms with van der Waals surface area (Å²) in [4.78, 5) is 46.7. The number of likely N-dealkylation sites (N-methyl/N-ethyl adjacent to an activating group) is 1. The van der Waals surface area contributed by atoms with E-state index in [1.807, 2.05) is 25.1 Å². The molecule has 0 saturated heterocycles. The van der Waals surface area contributed by atoms with Crippen LogP contribution in [-0.4, -0.2) is 39.3 Å². The van der Waals surface area contributed by atoms with Crippen LogP contribution in [0.3, 0.4) is 0 Å². The Labute approximate surface area is 187 Å². The van der Waals surface area contributed by atoms with E-state index in [9.17, 15) is 14.4 Å². The fourth-order valence-electron chi connectivity index (χ4n) is 3.47. The molecule has 0 aliphatic rings. The number of carbonyl (C=O) groups excluding carboxylic acids is 2. The van der Waals surface area contributed by atoms with Crippen molar-refractivity contribution >= 4 is 22.7 Å². The van der Waals surface area contributed by atoms with Gasteiger partial charge in [0.15, 0.2) is 0 Å². The number of carbonyl (C=O) groups is 2. The van der Waals surface area contributed by atoms with Crippen molar-refractivity contribution in [2.45, 2.75) is 52.6 Å². The number of hydrogen-bond donors (Lipinski definition) is 2. The molecule has 32 heavy (non-hydrogen) atoms. The van der Waals surface area contributed by atoms with Crippen LogP contribution in [0.15, 0.2) is 53.3 Å². The number of nitrogens with one attached hydrogen (secondary N) is 2. The molecule has 2 N–H and O–H groups in total. The molecule has 0 bridgehead atoms. The minimum Gasteiger partial charge on any atom is -0.341 e. The Morgan fingerprint density at radius 2 is 1.75 bits per heavy atom. The van der Waals surface area contributed by atoms with Crippen LogP contribution in [0.2, 0.25) is 0 Å². The highest BCUT2D eigenvalue weighted by atomic mass is 16.2. The monoisotopic (exact) mass is 434 g/mol. The second-order valence-corrected chi connectivity index (χ2v) is 8.90. The van der Waals surface area contributed by atoms with Crippen molar-refractivity contribution in [2.24, 2.45) is 0 Å². The third-order valence-corrected chi connectivity index (χ3v) is 5.43. The molecule has 1 atom stereocenters. The van der Waals surface area contributed by atoms with Crippen molar-refractivity contribution in [1.29, 1.82) is 0 Å². The van der Waals surface area contributed by atoms with Gasteiger partial charge in [-0.15, -0.1) is 0 Å². The molecule has 168 valence electrons. The molecule has 3 aromatic rings. The number of para-hydroxylation sites is 1. The summed E-state index contributed by atoms with van der Waals surface area (Å²) in [5.74, 6) is -0.150. The molecule has 3 rings (SSSR count). The van der Waals surface area contributed by atoms with Crippen LogP contribution < -0.4 is 10.9 Å². The van der Waals surface area contributed by atoms with Crippen molar-refractivity contribution in [3.63, 3.8) is 0 Å². The predicted octanol–water partition coefficient (Wildman–Crippen LogP) is 3.39. The first-order valence-electron chi connectivity index (χ1n) is 10.8. The number of amides is 2. The summed E-state index contributed by atoms with van der Waals surface area (Å²) in [6.45, 7) is 10.4. The summed E-state index contributed by atoms with van der Waals surface area (Å²) < 4.78 is 0. The maximum absolute atomic E-state index is 13.0. The molecule has 0 aliphatic heterocycles. The molecule has 1 aromatic heterocycles. The largest absolute Gasteiger partial charge is 0.341 e. The fraction of sp³-hybridized carbons (Fsp3) is 0.360. The molecule has 0 saturated carbocycles. The van der Waals surface area contributed by atoms with E-state index < -0.39 is 6.04 Å². The Hall–Kier alpha value is -3.48. The molecular weight excluding hydrogens is 404 g/mol. The van der Waals surface area contributed by atoms with Gasteiger partial charge in [0, 0.05) is 12.1 Å². The van der Waals surface area contributed by atoms with Gasteiger partial charge in [0.25, 0.3) is 11.5 Å². The van der Waals surface area contributed by atoms with Crippen molar-refractivity contribution < 1.29 is 9.59 Å². The first-order chi connectivity index (χ1) is 15.1. The molecule has 2 aromatic carbocycles. The number of benzene rings is 2. The summed E-state index contributed by atoms with van der Waals surface area (Å²) in [6, 6.07) is 13.7. The summed E-state index contributed by atoms with van der Waals surface area (Å²) >= 11 is 0. The van der Waals surface area contributed by atoms with Crippen LogP contribution in [0.4, 0.5) is 0 Å². The molecule has 1 unspecified atom stereocenters. The van der Waals surface area contributed by atoms with Crippen LogP contribution in [0.25, 0.3) is 10.9 Å². The van der Waals surface area contributed by atoms with Gasteiger partial charge < -0.3 is 15.2 Å². The maximum Gasteiger partial charge on any atom is 0.258 e. The second-order valence-electron chi connectivity index (χ2n) is 8.90. The SMILES string of the molecule is CCN(Cc1nc2ccccc2c(=O)[nH]1)C(=O)C(C)NC(=O)c1ccc(C(C)(C)C)cc1. The van der Waals surface area contributed by atoms with E-state index in [-0.39, 0.29) is 29.3 Å². The number of hydrogen-bond acceptors (Lipinski definition) is 4. The molecule has 0 fully saturated rings. The number of rotatable bonds is 6. The first kappa shape index (κ1) is 23.2. The van der Waals surface area contributed by atoms with Crippen LogP contribution in [0, 0.1) is 0 Å². The van der Waals surface area contributed by atoms with Gasteiger partial charge in [0.1, 0.15) is 11.9 Å². The van der Waals surface area contributed by atoms with E-state index in [4.69, 9.17) is 0 Å². The molecule has 0 spiro atoms. The maximum atomic E-state index is 13.0. The third-order valence-electron chi connectivity index (χ3n) is 5.43. The van der Waals surface area contributed by atoms with Gasteiger partial charge in [-0.05, 0) is 49.1 Å². The van der Waals surface area contributed by atoms with E-state index in [0.29, 0.717) is 28.8 Å². The quantitative estimate of drug-likeness (QED) is 0.622. The molecule has 2 amide bonds. The predicted molar refractivity (Wildman–Crippen MR) is 126 cm³/mol. The average molecular weight is 435 g/mol. The molecular formula is C25H30N4O3. The highest BCUT2D eigenvalue weighted by Gasteiger charge is 2.23. The zero-order chi connectivity index (χ0) is 23.5. The lowest BCUT2D eigenvalue weighted by Crippen LogP contribution is -2.46. The van der Waals surface area contributed by atoms with Crippen molar-refractivity contribution in [3.8, 4) is 0 Å². The highest BCUT2D eigenvalue weighted by Crippen LogP contribution is 2.22. The number of nitrogens with zero attached hydrogens (tertiary/aromatic N) is 2. The summed E-state index contributed by atoms with van der Waals surface area (Å²) in [7, 11) is 0. The zero-order valence-corrected chi connectivity index (χ0v) is 19.2. The van der Waals surface area contributed by atoms with Gasteiger partial charge in [0.2, 0.25) is 5.91 Å². The van der Waals surface area contributed by atoms with E-state index in [1.54, 1.807) is 42.2 Å². The lowest BCUT2D eigenvalue weighted by Gasteiger charge is -2.24. The first-order valence-corrected chi connectivity index (χ1v) is 10.8. The van der Waals surface area contributed by atoms with Crippen LogP contribution in [0.5, 0.6) is 0 Å². The van der Waals surface area contributed by atoms with Gasteiger partial charge in [-0.1, -0.05) is 45.0 Å². The molecule has 7 nitrogen and oxygen atoms in total. The van der Waals surface area contributed by atoms with Gasteiger partial charge >= 0.3 is 0 Å². The summed E-state index contributed by atoms with van der Waals surface area (Å²) in [5, 5.41) is 3.28. The van der Waals surface area contributed by atoms with E-state index >= 15 is 0 Å². The molecule has 7 heteroatoms. The number of H-pyrrole nitrogens is 1. The minimum absolute atomic E-state index is 0.00232. The Balaban J connectivity index is 1.69. The third kappa shape index (κ3) is 5.22. The summed E-state index contributed by atoms with van der Waals surface area (Å²) in [6.07, 6.45) is 0. The van der Waals surface area contributed by atoms with Gasteiger partial charge in [0.05, 0.1) is 17.4 Å². The average Bonchev–Trinajstić information content (AvgIpc) is 2.76. The lowest BCUT2D eigenvalue weighted by atomic mass is 9.86. The number of aromatic nitrogens is 2. The standard InChI is InChI=1S/C25H30N4O3/c1-6-29(15-21-27-20-10-8-7-9-19(20)23(31)28-21)24(32)16(2)26-22(30)17-11-13-18(14-12-17)25(3,4)5/h7-14,16H,6,15H2,1-5H3,(H,26,30)(H,27,28,31). The Morgan fingerprint density at radius 3 is 2.38 bits per heavy atom. The fourth-order valence-corrected chi connectivity index (χ4v) is 3.47. The topological polar surface area (TPSA) is 95.2 Å². The van der Waals surface area contributed by atoms with Crippen molar-refractivity contribution in [3.05, 3.63) is 75.8 Å². The Kier molecular flexibility index (Phi) is 6.77. The van der Waals surface area contributed by atoms with E-state index in [1.165, 1.54) is 0 Å². The second kappa shape index (κ2) is 9.34. The van der Waals surface area contributed by atoms with Crippen LogP contribution in [0.1, 0.15) is 56.4 Å². The minimum atomic E-state index is -0.725. The highest BCUT2D eigenvalue weighted by molar-refractivity contribution is 5.97. The molecule has 0 radical (unpaired) electrons. The van der Waals surface area contributed by atoms with Crippen LogP contribution >= 0.6 is 0 Å². The summed E-state index contributed by atoms with van der Waals surface area (Å²) in [5.41, 5.74) is 1.97. The van der Waals surface area contributed by atoms with Gasteiger partial charge in [-0.25, -0.2) is 4.98 Å². The van der Waals surface area contributed by atoms with Crippen molar-refractivity contribution in [1.82, 2.24) is 20.2 Å². The van der Waals surface area contributed by atoms with Crippen molar-refractivity contribution in [2.75, 3.05) is 6.54 Å². The zero-order valence-electron chi connectivity index (χ0n) is 19.2. The lowest BCUT2D eigenvalue weighted by molar-refractivity contribution is -0.133. The van der Waals surface area contributed by atoms with E-state index in [0.717, 1.165) is 5.56 Å².